The molecule has 6 nitrogen and oxygen atoms in total. The van der Waals surface area contributed by atoms with Gasteiger partial charge in [0.15, 0.2) is 11.5 Å². The van der Waals surface area contributed by atoms with Crippen LogP contribution in [0.5, 0.6) is 0 Å². The van der Waals surface area contributed by atoms with E-state index < -0.39 is 23.6 Å². The van der Waals surface area contributed by atoms with Crippen LogP contribution < -0.4 is 5.73 Å². The van der Waals surface area contributed by atoms with Gasteiger partial charge in [-0.05, 0) is 29.3 Å². The number of thiazole rings is 1. The summed E-state index contributed by atoms with van der Waals surface area (Å²) in [6.07, 6.45) is -1.52. The van der Waals surface area contributed by atoms with Gasteiger partial charge in [-0.3, -0.25) is 14.7 Å². The van der Waals surface area contributed by atoms with Crippen molar-refractivity contribution in [3.63, 3.8) is 0 Å². The molecule has 142 valence electrons. The minimum atomic E-state index is -2.77. The van der Waals surface area contributed by atoms with Gasteiger partial charge in [-0.15, -0.1) is 11.3 Å². The largest absolute Gasteiger partial charge is 0.369 e. The van der Waals surface area contributed by atoms with E-state index in [1.54, 1.807) is 23.7 Å². The van der Waals surface area contributed by atoms with E-state index in [-0.39, 0.29) is 11.5 Å². The molecule has 0 aliphatic carbocycles. The van der Waals surface area contributed by atoms with Crippen molar-refractivity contribution in [2.45, 2.75) is 12.0 Å². The number of aromatic nitrogens is 2. The zero-order valence-electron chi connectivity index (χ0n) is 14.7. The average Bonchev–Trinajstić information content (AvgIpc) is 3.32. The van der Waals surface area contributed by atoms with E-state index in [2.05, 4.69) is 15.0 Å². The molecule has 1 aliphatic heterocycles. The molecule has 0 fully saturated rings. The molecule has 1 atom stereocenters. The quantitative estimate of drug-likeness (QED) is 0.730. The van der Waals surface area contributed by atoms with Crippen molar-refractivity contribution in [2.75, 3.05) is 7.05 Å². The van der Waals surface area contributed by atoms with Crippen LogP contribution in [-0.2, 0) is 10.3 Å². The van der Waals surface area contributed by atoms with E-state index in [0.717, 1.165) is 11.3 Å². The molecule has 1 unspecified atom stereocenters. The lowest BCUT2D eigenvalue weighted by Crippen LogP contribution is -2.41. The number of guanidine groups is 1. The number of pyridine rings is 1. The Kier molecular flexibility index (Phi) is 4.38. The third kappa shape index (κ3) is 2.75. The fourth-order valence-electron chi connectivity index (χ4n) is 3.24. The zero-order valence-corrected chi connectivity index (χ0v) is 15.5. The number of benzene rings is 1. The lowest BCUT2D eigenvalue weighted by molar-refractivity contribution is -0.129. The summed E-state index contributed by atoms with van der Waals surface area (Å²) in [5, 5.41) is 1.88. The van der Waals surface area contributed by atoms with Crippen molar-refractivity contribution < 1.29 is 13.6 Å². The maximum absolute atomic E-state index is 13.2. The number of nitrogens with two attached hydrogens (primary N) is 1. The van der Waals surface area contributed by atoms with Gasteiger partial charge in [-0.25, -0.2) is 18.8 Å². The highest BCUT2D eigenvalue weighted by molar-refractivity contribution is 7.07. The fraction of sp³-hybridized carbons (Fsp3) is 0.158. The molecule has 0 saturated heterocycles. The second-order valence-corrected chi connectivity index (χ2v) is 6.99. The SMILES string of the molecule is CN1C(=O)C(c2cccc(-c3cscn3)c2)(c2ccnc(C(F)F)c2)N=C1N. The lowest BCUT2D eigenvalue weighted by Gasteiger charge is -2.26. The molecule has 4 rings (SSSR count). The number of amides is 1. The molecule has 3 heterocycles. The Morgan fingerprint density at radius 2 is 1.96 bits per heavy atom. The molecule has 0 spiro atoms. The van der Waals surface area contributed by atoms with Crippen molar-refractivity contribution in [3.05, 3.63) is 70.3 Å². The van der Waals surface area contributed by atoms with Gasteiger partial charge in [0.25, 0.3) is 12.3 Å². The van der Waals surface area contributed by atoms with Crippen molar-refractivity contribution in [3.8, 4) is 11.3 Å². The first-order chi connectivity index (χ1) is 13.4. The number of carbonyl (C=O) groups is 1. The topological polar surface area (TPSA) is 84.5 Å². The molecule has 9 heteroatoms. The van der Waals surface area contributed by atoms with Crippen LogP contribution in [0.15, 0.2) is 58.5 Å². The van der Waals surface area contributed by atoms with Crippen LogP contribution in [0.3, 0.4) is 0 Å². The second-order valence-electron chi connectivity index (χ2n) is 6.27. The van der Waals surface area contributed by atoms with Gasteiger partial charge in [-0.1, -0.05) is 18.2 Å². The highest BCUT2D eigenvalue weighted by Crippen LogP contribution is 2.41. The van der Waals surface area contributed by atoms with E-state index >= 15 is 0 Å². The molecule has 1 aromatic carbocycles. The van der Waals surface area contributed by atoms with Gasteiger partial charge >= 0.3 is 0 Å². The normalized spacial score (nSPS) is 19.4. The van der Waals surface area contributed by atoms with Gasteiger partial charge in [0, 0.05) is 24.2 Å². The number of likely N-dealkylation sites (N-methyl/N-ethyl adjacent to an activating group) is 1. The van der Waals surface area contributed by atoms with E-state index in [1.807, 2.05) is 11.4 Å². The Balaban J connectivity index is 1.95. The summed E-state index contributed by atoms with van der Waals surface area (Å²) in [6.45, 7) is 0. The minimum absolute atomic E-state index is 0.0134. The number of nitrogens with zero attached hydrogens (tertiary/aromatic N) is 4. The third-order valence-electron chi connectivity index (χ3n) is 4.67. The van der Waals surface area contributed by atoms with E-state index in [9.17, 15) is 13.6 Å². The van der Waals surface area contributed by atoms with E-state index in [0.29, 0.717) is 5.56 Å². The average molecular weight is 399 g/mol. The standard InChI is InChI=1S/C19H15F2N5OS/c1-26-17(27)19(25-18(26)22,13-5-6-23-14(8-13)16(20)21)12-4-2-3-11(7-12)15-9-28-10-24-15/h2-10,16H,1H3,(H2,22,25). The first-order valence-corrected chi connectivity index (χ1v) is 9.25. The monoisotopic (exact) mass is 399 g/mol. The first kappa shape index (κ1) is 18.2. The van der Waals surface area contributed by atoms with Crippen molar-refractivity contribution in [1.29, 1.82) is 0 Å². The fourth-order valence-corrected chi connectivity index (χ4v) is 3.80. The van der Waals surface area contributed by atoms with Crippen LogP contribution in [0, 0.1) is 0 Å². The first-order valence-electron chi connectivity index (χ1n) is 8.30. The van der Waals surface area contributed by atoms with Crippen LogP contribution in [0.1, 0.15) is 23.2 Å². The number of rotatable bonds is 4. The third-order valence-corrected chi connectivity index (χ3v) is 5.26. The Labute approximate surface area is 163 Å². The second kappa shape index (κ2) is 6.75. The molecular weight excluding hydrogens is 384 g/mol. The van der Waals surface area contributed by atoms with Gasteiger partial charge < -0.3 is 5.73 Å². The summed E-state index contributed by atoms with van der Waals surface area (Å²) >= 11 is 1.45. The molecule has 0 radical (unpaired) electrons. The molecule has 3 aromatic rings. The number of hydrogen-bond donors (Lipinski definition) is 1. The summed E-state index contributed by atoms with van der Waals surface area (Å²) in [5.41, 5.74) is 7.99. The summed E-state index contributed by atoms with van der Waals surface area (Å²) < 4.78 is 26.5. The number of hydrogen-bond acceptors (Lipinski definition) is 6. The Bertz CT molecular complexity index is 1070. The van der Waals surface area contributed by atoms with Crippen LogP contribution in [-0.4, -0.2) is 33.8 Å². The molecule has 0 saturated carbocycles. The predicted molar refractivity (Wildman–Crippen MR) is 102 cm³/mol. The van der Waals surface area contributed by atoms with E-state index in [4.69, 9.17) is 5.73 Å². The zero-order chi connectivity index (χ0) is 19.9. The number of halogens is 2. The molecule has 0 bridgehead atoms. The molecule has 2 aromatic heterocycles. The van der Waals surface area contributed by atoms with Gasteiger partial charge in [0.05, 0.1) is 11.2 Å². The molecule has 2 N–H and O–H groups in total. The number of alkyl halides is 2. The Morgan fingerprint density at radius 1 is 1.18 bits per heavy atom. The maximum Gasteiger partial charge on any atom is 0.280 e. The molecule has 1 amide bonds. The number of aliphatic imine (C=N–C) groups is 1. The summed E-state index contributed by atoms with van der Waals surface area (Å²) in [5.74, 6) is -0.411. The highest BCUT2D eigenvalue weighted by atomic mass is 32.1. The van der Waals surface area contributed by atoms with Crippen LogP contribution in [0.4, 0.5) is 8.78 Å². The van der Waals surface area contributed by atoms with Crippen molar-refractivity contribution in [2.24, 2.45) is 10.7 Å². The maximum atomic E-state index is 13.2. The highest BCUT2D eigenvalue weighted by Gasteiger charge is 2.49. The molecular formula is C19H15F2N5OS. The Hall–Kier alpha value is -3.20. The Morgan fingerprint density at radius 3 is 2.61 bits per heavy atom. The van der Waals surface area contributed by atoms with Gasteiger partial charge in [0.1, 0.15) is 5.69 Å². The van der Waals surface area contributed by atoms with Crippen LogP contribution in [0.25, 0.3) is 11.3 Å². The molecule has 28 heavy (non-hydrogen) atoms. The van der Waals surface area contributed by atoms with Gasteiger partial charge in [-0.2, -0.15) is 0 Å². The summed E-state index contributed by atoms with van der Waals surface area (Å²) in [4.78, 5) is 26.9. The lowest BCUT2D eigenvalue weighted by atomic mass is 9.82. The smallest absolute Gasteiger partial charge is 0.280 e. The minimum Gasteiger partial charge on any atom is -0.369 e. The summed E-state index contributed by atoms with van der Waals surface area (Å²) in [7, 11) is 1.50. The summed E-state index contributed by atoms with van der Waals surface area (Å²) in [6, 6.07) is 9.86. The van der Waals surface area contributed by atoms with Crippen LogP contribution >= 0.6 is 11.3 Å². The predicted octanol–water partition coefficient (Wildman–Crippen LogP) is 3.17. The number of carbonyl (C=O) groups excluding carboxylic acids is 1. The van der Waals surface area contributed by atoms with Crippen molar-refractivity contribution in [1.82, 2.24) is 14.9 Å². The van der Waals surface area contributed by atoms with E-state index in [1.165, 1.54) is 41.6 Å². The van der Waals surface area contributed by atoms with Crippen molar-refractivity contribution >= 4 is 23.2 Å². The van der Waals surface area contributed by atoms with Gasteiger partial charge in [0.2, 0.25) is 0 Å². The molecule has 1 aliphatic rings. The van der Waals surface area contributed by atoms with Crippen LogP contribution in [0.2, 0.25) is 0 Å².